The van der Waals surface area contributed by atoms with Crippen molar-refractivity contribution < 1.29 is 18.3 Å². The summed E-state index contributed by atoms with van der Waals surface area (Å²) in [5.74, 6) is -0.0342. The van der Waals surface area contributed by atoms with E-state index in [0.29, 0.717) is 11.1 Å². The topological polar surface area (TPSA) is 20.2 Å². The van der Waals surface area contributed by atoms with Crippen molar-refractivity contribution >= 4 is 10.8 Å². The smallest absolute Gasteiger partial charge is 0.416 e. The molecule has 0 saturated heterocycles. The van der Waals surface area contributed by atoms with Gasteiger partial charge >= 0.3 is 6.18 Å². The Kier molecular flexibility index (Phi) is 3.09. The van der Waals surface area contributed by atoms with Crippen molar-refractivity contribution in [3.63, 3.8) is 0 Å². The quantitative estimate of drug-likeness (QED) is 0.650. The Morgan fingerprint density at radius 3 is 2.33 bits per heavy atom. The number of phenolic OH excluding ortho intramolecular Hbond substituents is 1. The highest BCUT2D eigenvalue weighted by molar-refractivity contribution is 5.99. The van der Waals surface area contributed by atoms with E-state index in [-0.39, 0.29) is 5.75 Å². The molecular formula is C17H11F3O. The molecule has 1 N–H and O–H groups in total. The SMILES string of the molecule is Oc1ccc2ccccc2c1-c1cccc(C(F)(F)F)c1. The predicted molar refractivity (Wildman–Crippen MR) is 76.1 cm³/mol. The van der Waals surface area contributed by atoms with E-state index in [1.165, 1.54) is 12.1 Å². The summed E-state index contributed by atoms with van der Waals surface area (Å²) < 4.78 is 38.5. The summed E-state index contributed by atoms with van der Waals surface area (Å²) in [5.41, 5.74) is 0.0330. The number of hydrogen-bond acceptors (Lipinski definition) is 1. The fourth-order valence-electron chi connectivity index (χ4n) is 2.41. The zero-order chi connectivity index (χ0) is 15.0. The Bertz CT molecular complexity index is 806. The van der Waals surface area contributed by atoms with Gasteiger partial charge in [-0.25, -0.2) is 0 Å². The van der Waals surface area contributed by atoms with E-state index in [9.17, 15) is 18.3 Å². The number of hydrogen-bond donors (Lipinski definition) is 1. The van der Waals surface area contributed by atoms with E-state index in [1.807, 2.05) is 12.1 Å². The third kappa shape index (κ3) is 2.44. The first-order chi connectivity index (χ1) is 9.97. The Morgan fingerprint density at radius 1 is 0.810 bits per heavy atom. The van der Waals surface area contributed by atoms with Gasteiger partial charge in [0.1, 0.15) is 5.75 Å². The standard InChI is InChI=1S/C17H11F3O/c18-17(19,20)13-6-3-5-12(10-13)16-14-7-2-1-4-11(14)8-9-15(16)21/h1-10,21H. The first kappa shape index (κ1) is 13.5. The van der Waals surface area contributed by atoms with Crippen LogP contribution in [0.4, 0.5) is 13.2 Å². The molecule has 1 nitrogen and oxygen atoms in total. The van der Waals surface area contributed by atoms with Gasteiger partial charge in [0.15, 0.2) is 0 Å². The largest absolute Gasteiger partial charge is 0.507 e. The molecule has 0 atom stereocenters. The second-order valence-corrected chi connectivity index (χ2v) is 4.76. The van der Waals surface area contributed by atoms with E-state index in [2.05, 4.69) is 0 Å². The van der Waals surface area contributed by atoms with Crippen LogP contribution in [0.5, 0.6) is 5.75 Å². The second-order valence-electron chi connectivity index (χ2n) is 4.76. The van der Waals surface area contributed by atoms with Gasteiger partial charge in [0, 0.05) is 5.56 Å². The minimum Gasteiger partial charge on any atom is -0.507 e. The Balaban J connectivity index is 2.28. The second kappa shape index (κ2) is 4.81. The number of halogens is 3. The molecule has 0 aliphatic heterocycles. The molecule has 3 rings (SSSR count). The Hall–Kier alpha value is -2.49. The summed E-state index contributed by atoms with van der Waals surface area (Å²) >= 11 is 0. The van der Waals surface area contributed by atoms with Crippen LogP contribution in [-0.4, -0.2) is 5.11 Å². The minimum atomic E-state index is -4.41. The van der Waals surface area contributed by atoms with Crippen molar-refractivity contribution in [1.29, 1.82) is 0 Å². The molecule has 0 aliphatic carbocycles. The summed E-state index contributed by atoms with van der Waals surface area (Å²) in [7, 11) is 0. The molecule has 4 heteroatoms. The Morgan fingerprint density at radius 2 is 1.57 bits per heavy atom. The van der Waals surface area contributed by atoms with Crippen molar-refractivity contribution in [2.45, 2.75) is 6.18 Å². The zero-order valence-electron chi connectivity index (χ0n) is 10.9. The fourth-order valence-corrected chi connectivity index (χ4v) is 2.41. The third-order valence-corrected chi connectivity index (χ3v) is 3.39. The first-order valence-corrected chi connectivity index (χ1v) is 6.35. The lowest BCUT2D eigenvalue weighted by Gasteiger charge is -2.12. The summed E-state index contributed by atoms with van der Waals surface area (Å²) in [6.45, 7) is 0. The van der Waals surface area contributed by atoms with Gasteiger partial charge in [-0.05, 0) is 34.5 Å². The third-order valence-electron chi connectivity index (χ3n) is 3.39. The summed E-state index contributed by atoms with van der Waals surface area (Å²) in [6.07, 6.45) is -4.41. The van der Waals surface area contributed by atoms with Crippen LogP contribution >= 0.6 is 0 Å². The van der Waals surface area contributed by atoms with E-state index in [1.54, 1.807) is 24.3 Å². The number of benzene rings is 3. The zero-order valence-corrected chi connectivity index (χ0v) is 10.9. The van der Waals surface area contributed by atoms with Crippen molar-refractivity contribution in [2.24, 2.45) is 0 Å². The molecule has 0 fully saturated rings. The lowest BCUT2D eigenvalue weighted by molar-refractivity contribution is -0.137. The highest BCUT2D eigenvalue weighted by atomic mass is 19.4. The maximum absolute atomic E-state index is 12.8. The van der Waals surface area contributed by atoms with Gasteiger partial charge in [-0.2, -0.15) is 13.2 Å². The van der Waals surface area contributed by atoms with E-state index in [0.717, 1.165) is 22.9 Å². The summed E-state index contributed by atoms with van der Waals surface area (Å²) in [5, 5.41) is 11.7. The van der Waals surface area contributed by atoms with Crippen LogP contribution in [0, 0.1) is 0 Å². The fraction of sp³-hybridized carbons (Fsp3) is 0.0588. The van der Waals surface area contributed by atoms with Gasteiger partial charge in [-0.15, -0.1) is 0 Å². The molecule has 0 spiro atoms. The lowest BCUT2D eigenvalue weighted by atomic mass is 9.96. The van der Waals surface area contributed by atoms with Crippen LogP contribution in [0.1, 0.15) is 5.56 Å². The average molecular weight is 288 g/mol. The van der Waals surface area contributed by atoms with E-state index < -0.39 is 11.7 Å². The maximum Gasteiger partial charge on any atom is 0.416 e. The van der Waals surface area contributed by atoms with Gasteiger partial charge in [-0.3, -0.25) is 0 Å². The van der Waals surface area contributed by atoms with Crippen molar-refractivity contribution in [1.82, 2.24) is 0 Å². The van der Waals surface area contributed by atoms with Gasteiger partial charge in [-0.1, -0.05) is 42.5 Å². The molecule has 3 aromatic carbocycles. The summed E-state index contributed by atoms with van der Waals surface area (Å²) in [4.78, 5) is 0. The lowest BCUT2D eigenvalue weighted by Crippen LogP contribution is -2.04. The number of rotatable bonds is 1. The van der Waals surface area contributed by atoms with Crippen molar-refractivity contribution in [2.75, 3.05) is 0 Å². The summed E-state index contributed by atoms with van der Waals surface area (Å²) in [6, 6.07) is 15.5. The number of alkyl halides is 3. The predicted octanol–water partition coefficient (Wildman–Crippen LogP) is 5.23. The number of phenols is 1. The minimum absolute atomic E-state index is 0.0342. The number of fused-ring (bicyclic) bond motifs is 1. The molecule has 106 valence electrons. The molecule has 3 aromatic rings. The molecule has 0 saturated carbocycles. The average Bonchev–Trinajstić information content (AvgIpc) is 2.46. The van der Waals surface area contributed by atoms with Crippen LogP contribution in [0.15, 0.2) is 60.7 Å². The highest BCUT2D eigenvalue weighted by Gasteiger charge is 2.30. The molecular weight excluding hydrogens is 277 g/mol. The molecule has 0 radical (unpaired) electrons. The normalized spacial score (nSPS) is 11.8. The van der Waals surface area contributed by atoms with Crippen molar-refractivity contribution in [3.05, 3.63) is 66.2 Å². The van der Waals surface area contributed by atoms with Crippen LogP contribution in [-0.2, 0) is 6.18 Å². The van der Waals surface area contributed by atoms with Gasteiger partial charge in [0.25, 0.3) is 0 Å². The molecule has 21 heavy (non-hydrogen) atoms. The first-order valence-electron chi connectivity index (χ1n) is 6.35. The van der Waals surface area contributed by atoms with Crippen LogP contribution in [0.3, 0.4) is 0 Å². The molecule has 0 unspecified atom stereocenters. The van der Waals surface area contributed by atoms with Crippen molar-refractivity contribution in [3.8, 4) is 16.9 Å². The molecule has 0 heterocycles. The van der Waals surface area contributed by atoms with Gasteiger partial charge in [0.2, 0.25) is 0 Å². The van der Waals surface area contributed by atoms with E-state index >= 15 is 0 Å². The molecule has 0 bridgehead atoms. The van der Waals surface area contributed by atoms with Gasteiger partial charge in [0.05, 0.1) is 5.56 Å². The monoisotopic (exact) mass is 288 g/mol. The highest BCUT2D eigenvalue weighted by Crippen LogP contribution is 2.38. The van der Waals surface area contributed by atoms with Crippen LogP contribution in [0.25, 0.3) is 21.9 Å². The van der Waals surface area contributed by atoms with E-state index in [4.69, 9.17) is 0 Å². The maximum atomic E-state index is 12.8. The Labute approximate surface area is 119 Å². The number of aromatic hydroxyl groups is 1. The molecule has 0 aromatic heterocycles. The molecule has 0 amide bonds. The van der Waals surface area contributed by atoms with Gasteiger partial charge < -0.3 is 5.11 Å². The van der Waals surface area contributed by atoms with Crippen LogP contribution < -0.4 is 0 Å². The van der Waals surface area contributed by atoms with Crippen LogP contribution in [0.2, 0.25) is 0 Å². The molecule has 0 aliphatic rings.